The molecule has 2 amide bonds. The summed E-state index contributed by atoms with van der Waals surface area (Å²) in [7, 11) is 4.62. The van der Waals surface area contributed by atoms with Gasteiger partial charge in [0.15, 0.2) is 0 Å². The van der Waals surface area contributed by atoms with Gasteiger partial charge >= 0.3 is 5.97 Å². The first-order valence-electron chi connectivity index (χ1n) is 8.37. The highest BCUT2D eigenvalue weighted by Gasteiger charge is 2.08. The zero-order valence-electron chi connectivity index (χ0n) is 15.6. The van der Waals surface area contributed by atoms with Gasteiger partial charge in [0.25, 0.3) is 5.91 Å². The Bertz CT molecular complexity index is 839. The van der Waals surface area contributed by atoms with Crippen LogP contribution in [0, 0.1) is 0 Å². The fourth-order valence-corrected chi connectivity index (χ4v) is 2.40. The van der Waals surface area contributed by atoms with Gasteiger partial charge in [-0.3, -0.25) is 9.59 Å². The van der Waals surface area contributed by atoms with Crippen molar-refractivity contribution >= 4 is 23.9 Å². The van der Waals surface area contributed by atoms with Gasteiger partial charge in [-0.1, -0.05) is 24.3 Å². The molecule has 140 valence electrons. The number of methoxy groups -OCH3 is 1. The Morgan fingerprint density at radius 3 is 2.15 bits per heavy atom. The van der Waals surface area contributed by atoms with E-state index in [4.69, 9.17) is 0 Å². The van der Waals surface area contributed by atoms with E-state index < -0.39 is 5.97 Å². The lowest BCUT2D eigenvalue weighted by atomic mass is 10.1. The molecule has 0 aromatic heterocycles. The summed E-state index contributed by atoms with van der Waals surface area (Å²) in [6.07, 6.45) is 3.17. The summed E-state index contributed by atoms with van der Waals surface area (Å²) in [5, 5.41) is 2.57. The summed E-state index contributed by atoms with van der Waals surface area (Å²) in [4.78, 5) is 36.8. The second-order valence-electron chi connectivity index (χ2n) is 5.92. The second kappa shape index (κ2) is 9.33. The molecule has 0 aliphatic carbocycles. The Hall–Kier alpha value is -3.41. The molecule has 2 aromatic rings. The molecule has 0 saturated carbocycles. The van der Waals surface area contributed by atoms with E-state index in [2.05, 4.69) is 10.1 Å². The van der Waals surface area contributed by atoms with Crippen LogP contribution in [0.2, 0.25) is 0 Å². The van der Waals surface area contributed by atoms with Crippen LogP contribution >= 0.6 is 0 Å². The molecule has 0 heterocycles. The molecule has 0 unspecified atom stereocenters. The maximum absolute atomic E-state index is 12.3. The summed E-state index contributed by atoms with van der Waals surface area (Å²) >= 11 is 0. The van der Waals surface area contributed by atoms with Crippen molar-refractivity contribution in [2.45, 2.75) is 6.54 Å². The first-order chi connectivity index (χ1) is 12.9. The quantitative estimate of drug-likeness (QED) is 0.630. The molecule has 0 aliphatic heterocycles. The normalized spacial score (nSPS) is 10.5. The van der Waals surface area contributed by atoms with Crippen LogP contribution in [0.25, 0.3) is 6.08 Å². The molecular weight excluding hydrogens is 344 g/mol. The molecule has 27 heavy (non-hydrogen) atoms. The van der Waals surface area contributed by atoms with Crippen molar-refractivity contribution in [3.05, 3.63) is 76.9 Å². The summed E-state index contributed by atoms with van der Waals surface area (Å²) in [6, 6.07) is 13.9. The van der Waals surface area contributed by atoms with Gasteiger partial charge in [-0.15, -0.1) is 0 Å². The average molecular weight is 366 g/mol. The summed E-state index contributed by atoms with van der Waals surface area (Å²) < 4.78 is 4.65. The molecule has 0 saturated heterocycles. The van der Waals surface area contributed by atoms with Crippen molar-refractivity contribution in [2.24, 2.45) is 0 Å². The summed E-state index contributed by atoms with van der Waals surface area (Å²) in [5.41, 5.74) is 2.76. The highest BCUT2D eigenvalue weighted by molar-refractivity contribution is 5.94. The lowest BCUT2D eigenvalue weighted by Gasteiger charge is -2.15. The topological polar surface area (TPSA) is 75.7 Å². The van der Waals surface area contributed by atoms with Crippen molar-refractivity contribution in [3.8, 4) is 0 Å². The first kappa shape index (κ1) is 19.9. The van der Waals surface area contributed by atoms with Crippen LogP contribution in [0.5, 0.6) is 0 Å². The molecule has 2 rings (SSSR count). The molecule has 6 nitrogen and oxygen atoms in total. The zero-order valence-corrected chi connectivity index (χ0v) is 15.6. The SMILES string of the molecule is CNC(=O)c1ccc(CN(C)C(=O)C=Cc2ccc(C(=O)OC)cc2)cc1. The van der Waals surface area contributed by atoms with Crippen LogP contribution < -0.4 is 5.32 Å². The molecule has 6 heteroatoms. The van der Waals surface area contributed by atoms with E-state index in [0.717, 1.165) is 11.1 Å². The van der Waals surface area contributed by atoms with Crippen molar-refractivity contribution in [3.63, 3.8) is 0 Å². The molecule has 0 spiro atoms. The van der Waals surface area contributed by atoms with Gasteiger partial charge in [-0.2, -0.15) is 0 Å². The number of benzene rings is 2. The smallest absolute Gasteiger partial charge is 0.337 e. The number of carbonyl (C=O) groups is 3. The molecule has 1 N–H and O–H groups in total. The van der Waals surface area contributed by atoms with Crippen LogP contribution in [0.1, 0.15) is 31.8 Å². The number of hydrogen-bond acceptors (Lipinski definition) is 4. The van der Waals surface area contributed by atoms with Gasteiger partial charge in [0, 0.05) is 32.3 Å². The highest BCUT2D eigenvalue weighted by Crippen LogP contribution is 2.10. The van der Waals surface area contributed by atoms with Gasteiger partial charge < -0.3 is 15.0 Å². The predicted octanol–water partition coefficient (Wildman–Crippen LogP) is 2.50. The number of carbonyl (C=O) groups excluding carboxylic acids is 3. The highest BCUT2D eigenvalue weighted by atomic mass is 16.5. The number of nitrogens with one attached hydrogen (secondary N) is 1. The molecule has 0 aliphatic rings. The van der Waals surface area contributed by atoms with Crippen LogP contribution in [0.15, 0.2) is 54.6 Å². The summed E-state index contributed by atoms with van der Waals surface area (Å²) in [6.45, 7) is 0.429. The van der Waals surface area contributed by atoms with Crippen molar-refractivity contribution in [1.82, 2.24) is 10.2 Å². The van der Waals surface area contributed by atoms with Crippen LogP contribution in [-0.2, 0) is 16.1 Å². The van der Waals surface area contributed by atoms with Gasteiger partial charge in [0.05, 0.1) is 12.7 Å². The maximum Gasteiger partial charge on any atom is 0.337 e. The maximum atomic E-state index is 12.3. The van der Waals surface area contributed by atoms with E-state index in [1.165, 1.54) is 13.2 Å². The number of hydrogen-bond donors (Lipinski definition) is 1. The fourth-order valence-electron chi connectivity index (χ4n) is 2.40. The molecule has 0 bridgehead atoms. The number of amides is 2. The third-order valence-corrected chi connectivity index (χ3v) is 3.99. The minimum absolute atomic E-state index is 0.146. The lowest BCUT2D eigenvalue weighted by molar-refractivity contribution is -0.125. The predicted molar refractivity (Wildman–Crippen MR) is 103 cm³/mol. The zero-order chi connectivity index (χ0) is 19.8. The number of likely N-dealkylation sites (N-methyl/N-ethyl adjacent to an activating group) is 1. The Morgan fingerprint density at radius 2 is 1.59 bits per heavy atom. The van der Waals surface area contributed by atoms with Crippen LogP contribution in [0.4, 0.5) is 0 Å². The second-order valence-corrected chi connectivity index (χ2v) is 5.92. The Kier molecular flexibility index (Phi) is 6.88. The number of rotatable bonds is 6. The van der Waals surface area contributed by atoms with Crippen molar-refractivity contribution < 1.29 is 19.1 Å². The lowest BCUT2D eigenvalue weighted by Crippen LogP contribution is -2.24. The molecule has 2 aromatic carbocycles. The number of esters is 1. The third kappa shape index (κ3) is 5.54. The van der Waals surface area contributed by atoms with E-state index in [-0.39, 0.29) is 11.8 Å². The van der Waals surface area contributed by atoms with Gasteiger partial charge in [0.2, 0.25) is 5.91 Å². The van der Waals surface area contributed by atoms with Gasteiger partial charge in [0.1, 0.15) is 0 Å². The Balaban J connectivity index is 1.95. The fraction of sp³-hybridized carbons (Fsp3) is 0.190. The van der Waals surface area contributed by atoms with Crippen molar-refractivity contribution in [1.29, 1.82) is 0 Å². The minimum Gasteiger partial charge on any atom is -0.465 e. The Morgan fingerprint density at radius 1 is 1.00 bits per heavy atom. The molecular formula is C21H22N2O4. The van der Waals surface area contributed by atoms with E-state index in [1.807, 2.05) is 12.1 Å². The summed E-state index contributed by atoms with van der Waals surface area (Å²) in [5.74, 6) is -0.696. The number of nitrogens with zero attached hydrogens (tertiary/aromatic N) is 1. The minimum atomic E-state index is -0.399. The van der Waals surface area contributed by atoms with E-state index >= 15 is 0 Å². The molecule has 0 fully saturated rings. The molecule has 0 radical (unpaired) electrons. The van der Waals surface area contributed by atoms with Crippen LogP contribution in [-0.4, -0.2) is 43.9 Å². The van der Waals surface area contributed by atoms with Gasteiger partial charge in [-0.05, 0) is 41.5 Å². The monoisotopic (exact) mass is 366 g/mol. The average Bonchev–Trinajstić information content (AvgIpc) is 2.71. The number of ether oxygens (including phenoxy) is 1. The van der Waals surface area contributed by atoms with Crippen LogP contribution in [0.3, 0.4) is 0 Å². The standard InChI is InChI=1S/C21H22N2O4/c1-22-20(25)17-9-6-16(7-10-17)14-23(2)19(24)13-8-15-4-11-18(12-5-15)21(26)27-3/h4-13H,14H2,1-3H3,(H,22,25). The Labute approximate surface area is 158 Å². The van der Waals surface area contributed by atoms with E-state index in [1.54, 1.807) is 61.5 Å². The first-order valence-corrected chi connectivity index (χ1v) is 8.37. The largest absolute Gasteiger partial charge is 0.465 e. The van der Waals surface area contributed by atoms with Crippen molar-refractivity contribution in [2.75, 3.05) is 21.2 Å². The third-order valence-electron chi connectivity index (χ3n) is 3.99. The molecule has 0 atom stereocenters. The van der Waals surface area contributed by atoms with E-state index in [0.29, 0.717) is 17.7 Å². The van der Waals surface area contributed by atoms with Gasteiger partial charge in [-0.25, -0.2) is 4.79 Å². The van der Waals surface area contributed by atoms with E-state index in [9.17, 15) is 14.4 Å².